The molecule has 0 radical (unpaired) electrons. The topological polar surface area (TPSA) is 126 Å². The van der Waals surface area contributed by atoms with Crippen molar-refractivity contribution in [2.45, 2.75) is 119 Å². The third-order valence-corrected chi connectivity index (χ3v) is 16.6. The zero-order valence-corrected chi connectivity index (χ0v) is 36.7. The first-order valence-corrected chi connectivity index (χ1v) is 22.0. The first-order valence-electron chi connectivity index (χ1n) is 22.0. The van der Waals surface area contributed by atoms with Gasteiger partial charge in [-0.2, -0.15) is 0 Å². The van der Waals surface area contributed by atoms with Gasteiger partial charge in [-0.15, -0.1) is 0 Å². The first kappa shape index (κ1) is 44.5. The number of esters is 2. The van der Waals surface area contributed by atoms with E-state index < -0.39 is 5.41 Å². The fraction of sp³-hybridized carbons (Fsp3) is 0.750. The van der Waals surface area contributed by atoms with Gasteiger partial charge < -0.3 is 29.0 Å². The smallest absolute Gasteiger partial charge is 0.312 e. The minimum Gasteiger partial charge on any atom is -0.469 e. The molecular weight excluding hydrogens is 735 g/mol. The number of amides is 1. The number of nitrogens with one attached hydrogen (secondary N) is 1. The Labute approximate surface area is 347 Å². The van der Waals surface area contributed by atoms with Gasteiger partial charge in [0.1, 0.15) is 6.61 Å². The molecule has 0 heterocycles. The molecule has 4 fully saturated rings. The molecule has 9 atom stereocenters. The number of allylic oxidation sites excluding steroid dienone is 2. The summed E-state index contributed by atoms with van der Waals surface area (Å²) in [4.78, 5) is 53.7. The average Bonchev–Trinajstić information content (AvgIpc) is 3.18. The van der Waals surface area contributed by atoms with Gasteiger partial charge in [0.25, 0.3) is 0 Å². The molecule has 6 rings (SSSR count). The van der Waals surface area contributed by atoms with Crippen molar-refractivity contribution in [2.75, 3.05) is 53.3 Å². The largest absolute Gasteiger partial charge is 0.469 e. The van der Waals surface area contributed by atoms with Crippen LogP contribution in [0.3, 0.4) is 0 Å². The highest BCUT2D eigenvalue weighted by molar-refractivity contribution is 5.96. The summed E-state index contributed by atoms with van der Waals surface area (Å²) in [6.07, 6.45) is 10.4. The lowest BCUT2D eigenvalue weighted by Gasteiger charge is -2.70. The maximum atomic E-state index is 14.9. The van der Waals surface area contributed by atoms with Gasteiger partial charge in [0, 0.05) is 18.4 Å². The number of ketones is 1. The van der Waals surface area contributed by atoms with Crippen molar-refractivity contribution < 1.29 is 42.9 Å². The van der Waals surface area contributed by atoms with Gasteiger partial charge in [0.05, 0.1) is 58.6 Å². The molecule has 4 saturated carbocycles. The second-order valence-electron chi connectivity index (χ2n) is 20.2. The maximum absolute atomic E-state index is 14.9. The maximum Gasteiger partial charge on any atom is 0.312 e. The summed E-state index contributed by atoms with van der Waals surface area (Å²) in [6.45, 7) is 19.3. The van der Waals surface area contributed by atoms with E-state index in [0.29, 0.717) is 52.6 Å². The predicted molar refractivity (Wildman–Crippen MR) is 221 cm³/mol. The van der Waals surface area contributed by atoms with Crippen LogP contribution < -0.4 is 5.32 Å². The number of methoxy groups -OCH3 is 1. The van der Waals surface area contributed by atoms with Crippen LogP contribution in [0.4, 0.5) is 0 Å². The van der Waals surface area contributed by atoms with Crippen molar-refractivity contribution in [3.05, 3.63) is 47.5 Å². The average molecular weight is 806 g/mol. The van der Waals surface area contributed by atoms with E-state index in [2.05, 4.69) is 64.6 Å². The van der Waals surface area contributed by atoms with Crippen LogP contribution in [0.5, 0.6) is 0 Å². The molecule has 58 heavy (non-hydrogen) atoms. The number of benzene rings is 1. The predicted octanol–water partition coefficient (Wildman–Crippen LogP) is 8.06. The summed E-state index contributed by atoms with van der Waals surface area (Å²) < 4.78 is 27.2. The van der Waals surface area contributed by atoms with Gasteiger partial charge in [-0.05, 0) is 115 Å². The van der Waals surface area contributed by atoms with E-state index in [9.17, 15) is 19.2 Å². The van der Waals surface area contributed by atoms with E-state index in [1.165, 1.54) is 12.7 Å². The van der Waals surface area contributed by atoms with E-state index in [1.54, 1.807) is 0 Å². The summed E-state index contributed by atoms with van der Waals surface area (Å²) >= 11 is 0. The minimum atomic E-state index is -0.600. The summed E-state index contributed by atoms with van der Waals surface area (Å²) in [6, 6.07) is 9.88. The Hall–Kier alpha value is -3.08. The normalized spacial score (nSPS) is 36.3. The van der Waals surface area contributed by atoms with Crippen molar-refractivity contribution in [2.24, 2.45) is 56.2 Å². The molecule has 10 nitrogen and oxygen atoms in total. The Morgan fingerprint density at radius 1 is 0.776 bits per heavy atom. The summed E-state index contributed by atoms with van der Waals surface area (Å²) in [5, 5.41) is 3.16. The van der Waals surface area contributed by atoms with Crippen molar-refractivity contribution in [1.29, 1.82) is 0 Å². The highest BCUT2D eigenvalue weighted by Gasteiger charge is 2.70. The van der Waals surface area contributed by atoms with Crippen LogP contribution in [0.25, 0.3) is 0 Å². The Morgan fingerprint density at radius 2 is 1.43 bits per heavy atom. The van der Waals surface area contributed by atoms with Crippen LogP contribution in [0, 0.1) is 56.2 Å². The van der Waals surface area contributed by atoms with Crippen LogP contribution in [-0.2, 0) is 49.5 Å². The highest BCUT2D eigenvalue weighted by atomic mass is 16.5. The minimum absolute atomic E-state index is 0.0469. The zero-order valence-electron chi connectivity index (χ0n) is 36.7. The van der Waals surface area contributed by atoms with Crippen LogP contribution >= 0.6 is 0 Å². The number of hydrogen-bond donors (Lipinski definition) is 1. The molecule has 10 heteroatoms. The number of rotatable bonds is 16. The van der Waals surface area contributed by atoms with Gasteiger partial charge in [0.15, 0.2) is 5.78 Å². The number of fused-ring (bicyclic) bond motifs is 7. The summed E-state index contributed by atoms with van der Waals surface area (Å²) in [5.41, 5.74) is 0.843. The van der Waals surface area contributed by atoms with Crippen molar-refractivity contribution >= 4 is 23.6 Å². The molecular formula is C48H71NO9. The Bertz CT molecular complexity index is 1690. The quantitative estimate of drug-likeness (QED) is 0.131. The third-order valence-electron chi connectivity index (χ3n) is 16.6. The van der Waals surface area contributed by atoms with Crippen LogP contribution in [0.1, 0.15) is 118 Å². The van der Waals surface area contributed by atoms with Crippen molar-refractivity contribution in [1.82, 2.24) is 5.32 Å². The Kier molecular flexibility index (Phi) is 13.4. The molecule has 0 aliphatic heterocycles. The fourth-order valence-corrected chi connectivity index (χ4v) is 12.9. The summed E-state index contributed by atoms with van der Waals surface area (Å²) in [5.74, 6) is 0.0299. The number of carbonyl (C=O) groups is 4. The molecule has 1 aromatic rings. The number of hydrogen-bond acceptors (Lipinski definition) is 9. The van der Waals surface area contributed by atoms with Gasteiger partial charge >= 0.3 is 11.9 Å². The second kappa shape index (κ2) is 17.5. The molecule has 1 aromatic carbocycles. The van der Waals surface area contributed by atoms with Crippen molar-refractivity contribution in [3.8, 4) is 0 Å². The van der Waals surface area contributed by atoms with E-state index in [0.717, 1.165) is 56.9 Å². The Balaban J connectivity index is 1.07. The van der Waals surface area contributed by atoms with Gasteiger partial charge in [-0.25, -0.2) is 0 Å². The summed E-state index contributed by atoms with van der Waals surface area (Å²) in [7, 11) is 1.36. The van der Waals surface area contributed by atoms with Crippen LogP contribution in [-0.4, -0.2) is 76.9 Å². The van der Waals surface area contributed by atoms with E-state index in [-0.39, 0.29) is 87.4 Å². The van der Waals surface area contributed by atoms with Crippen molar-refractivity contribution in [3.63, 3.8) is 0 Å². The second-order valence-corrected chi connectivity index (χ2v) is 20.2. The lowest BCUT2D eigenvalue weighted by atomic mass is 9.33. The Morgan fingerprint density at radius 3 is 2.12 bits per heavy atom. The highest BCUT2D eigenvalue weighted by Crippen LogP contribution is 2.75. The molecule has 322 valence electrons. The molecule has 0 saturated heterocycles. The van der Waals surface area contributed by atoms with E-state index in [4.69, 9.17) is 18.9 Å². The molecule has 0 bridgehead atoms. The molecule has 5 aliphatic rings. The van der Waals surface area contributed by atoms with Crippen LogP contribution in [0.15, 0.2) is 42.0 Å². The molecule has 0 unspecified atom stereocenters. The standard InChI is InChI=1S/C48H71NO9/c1-43(2)34(41(52)49-23-25-56-27-29-57-28-26-55-24-16-39(51)54-8)14-17-46(5)38(43)15-18-48(7)40(46)37(50)30-35-36-31-45(4,20-19-44(36,3)21-22-47(35,48)6)42(53)58-32-33-12-10-9-11-13-33/h9-13,30,34,36,38,40H,14-29,31-32H2,1-8H3,(H,49,52)/t34-,36+,38+,40-,44-,45+,46+,47-,48-/m1/s1. The molecule has 0 spiro atoms. The van der Waals surface area contributed by atoms with E-state index in [1.807, 2.05) is 30.3 Å². The SMILES string of the molecule is COC(=O)CCOCCOCCOCCNC(=O)[C@H]1CC[C@]2(C)[C@H]3C(=O)C=C4[C@@H]5C[C@@](C)(C(=O)OCc6ccccc6)CC[C@]5(C)CC[C@@]4(C)[C@]3(C)CC[C@H]2C1(C)C. The third kappa shape index (κ3) is 8.32. The van der Waals surface area contributed by atoms with E-state index >= 15 is 0 Å². The van der Waals surface area contributed by atoms with Gasteiger partial charge in [-0.3, -0.25) is 19.2 Å². The monoisotopic (exact) mass is 806 g/mol. The number of ether oxygens (including phenoxy) is 5. The van der Waals surface area contributed by atoms with Gasteiger partial charge in [0.2, 0.25) is 5.91 Å². The van der Waals surface area contributed by atoms with Gasteiger partial charge in [-0.1, -0.05) is 77.4 Å². The molecule has 5 aliphatic carbocycles. The number of carbonyl (C=O) groups excluding carboxylic acids is 4. The lowest BCUT2D eigenvalue weighted by Crippen LogP contribution is -2.66. The zero-order chi connectivity index (χ0) is 42.0. The van der Waals surface area contributed by atoms with Crippen LogP contribution in [0.2, 0.25) is 0 Å². The lowest BCUT2D eigenvalue weighted by molar-refractivity contribution is -0.195. The molecule has 1 N–H and O–H groups in total. The molecule has 0 aromatic heterocycles. The molecule has 1 amide bonds. The first-order chi connectivity index (χ1) is 27.4. The fourth-order valence-electron chi connectivity index (χ4n) is 12.9.